The molecule has 96 valence electrons. The maximum atomic E-state index is 5.80. The average Bonchev–Trinajstić information content (AvgIpc) is 2.37. The number of rotatable bonds is 7. The van der Waals surface area contributed by atoms with Gasteiger partial charge in [0.1, 0.15) is 0 Å². The number of nitrogens with one attached hydrogen (secondary N) is 1. The van der Waals surface area contributed by atoms with E-state index in [4.69, 9.17) is 9.47 Å². The van der Waals surface area contributed by atoms with Gasteiger partial charge in [0.25, 0.3) is 0 Å². The van der Waals surface area contributed by atoms with Gasteiger partial charge in [0.2, 0.25) is 0 Å². The summed E-state index contributed by atoms with van der Waals surface area (Å²) in [6.07, 6.45) is 1.20. The first-order chi connectivity index (χ1) is 8.21. The van der Waals surface area contributed by atoms with E-state index >= 15 is 0 Å². The summed E-state index contributed by atoms with van der Waals surface area (Å²) in [6.45, 7) is 8.09. The van der Waals surface area contributed by atoms with Gasteiger partial charge in [-0.3, -0.25) is 0 Å². The third-order valence-corrected chi connectivity index (χ3v) is 2.71. The SMILES string of the molecule is CCNCc1ccc(O[C@H](C)CC)c(OC)c1. The number of hydrogen-bond acceptors (Lipinski definition) is 3. The normalized spacial score (nSPS) is 12.2. The van der Waals surface area contributed by atoms with E-state index < -0.39 is 0 Å². The maximum Gasteiger partial charge on any atom is 0.161 e. The zero-order valence-electron chi connectivity index (χ0n) is 11.2. The minimum Gasteiger partial charge on any atom is -0.493 e. The summed E-state index contributed by atoms with van der Waals surface area (Å²) in [7, 11) is 1.68. The maximum absolute atomic E-state index is 5.80. The first-order valence-corrected chi connectivity index (χ1v) is 6.25. The van der Waals surface area contributed by atoms with E-state index in [0.717, 1.165) is 31.0 Å². The largest absolute Gasteiger partial charge is 0.493 e. The Hall–Kier alpha value is -1.22. The summed E-state index contributed by atoms with van der Waals surface area (Å²) < 4.78 is 11.2. The first kappa shape index (κ1) is 13.8. The van der Waals surface area contributed by atoms with Crippen molar-refractivity contribution in [1.82, 2.24) is 5.32 Å². The molecular weight excluding hydrogens is 214 g/mol. The van der Waals surface area contributed by atoms with Gasteiger partial charge in [-0.1, -0.05) is 19.9 Å². The van der Waals surface area contributed by atoms with E-state index in [9.17, 15) is 0 Å². The molecule has 0 amide bonds. The fourth-order valence-corrected chi connectivity index (χ4v) is 1.49. The first-order valence-electron chi connectivity index (χ1n) is 6.25. The van der Waals surface area contributed by atoms with Crippen molar-refractivity contribution in [2.45, 2.75) is 39.8 Å². The van der Waals surface area contributed by atoms with Gasteiger partial charge >= 0.3 is 0 Å². The number of benzene rings is 1. The minimum atomic E-state index is 0.212. The minimum absolute atomic E-state index is 0.212. The van der Waals surface area contributed by atoms with Crippen LogP contribution in [0, 0.1) is 0 Å². The average molecular weight is 237 g/mol. The summed E-state index contributed by atoms with van der Waals surface area (Å²) in [5, 5.41) is 3.29. The van der Waals surface area contributed by atoms with E-state index in [2.05, 4.69) is 32.2 Å². The van der Waals surface area contributed by atoms with Gasteiger partial charge in [-0.05, 0) is 37.6 Å². The third-order valence-electron chi connectivity index (χ3n) is 2.71. The molecule has 0 fully saturated rings. The Bertz CT molecular complexity index is 339. The van der Waals surface area contributed by atoms with Gasteiger partial charge in [-0.25, -0.2) is 0 Å². The van der Waals surface area contributed by atoms with Crippen LogP contribution in [-0.2, 0) is 6.54 Å². The van der Waals surface area contributed by atoms with Gasteiger partial charge in [0, 0.05) is 6.54 Å². The highest BCUT2D eigenvalue weighted by molar-refractivity contribution is 5.43. The number of methoxy groups -OCH3 is 1. The van der Waals surface area contributed by atoms with Crippen LogP contribution in [0.3, 0.4) is 0 Å². The summed E-state index contributed by atoms with van der Waals surface area (Å²) >= 11 is 0. The predicted molar refractivity (Wildman–Crippen MR) is 70.8 cm³/mol. The molecule has 0 saturated carbocycles. The van der Waals surface area contributed by atoms with Crippen LogP contribution in [0.2, 0.25) is 0 Å². The molecular formula is C14H23NO2. The molecule has 0 aliphatic carbocycles. The lowest BCUT2D eigenvalue weighted by Gasteiger charge is -2.16. The molecule has 0 aromatic heterocycles. The Morgan fingerprint density at radius 2 is 2.00 bits per heavy atom. The molecule has 1 N–H and O–H groups in total. The second-order valence-corrected chi connectivity index (χ2v) is 4.10. The summed E-state index contributed by atoms with van der Waals surface area (Å²) in [5.74, 6) is 1.63. The summed E-state index contributed by atoms with van der Waals surface area (Å²) in [4.78, 5) is 0. The molecule has 0 bridgehead atoms. The van der Waals surface area contributed by atoms with E-state index in [1.165, 1.54) is 5.56 Å². The lowest BCUT2D eigenvalue weighted by Crippen LogP contribution is -2.13. The highest BCUT2D eigenvalue weighted by Crippen LogP contribution is 2.29. The smallest absolute Gasteiger partial charge is 0.161 e. The van der Waals surface area contributed by atoms with Crippen LogP contribution in [-0.4, -0.2) is 19.8 Å². The van der Waals surface area contributed by atoms with Gasteiger partial charge < -0.3 is 14.8 Å². The molecule has 0 unspecified atom stereocenters. The fraction of sp³-hybridized carbons (Fsp3) is 0.571. The number of ether oxygens (including phenoxy) is 2. The molecule has 1 atom stereocenters. The van der Waals surface area contributed by atoms with Crippen LogP contribution in [0.15, 0.2) is 18.2 Å². The Balaban J connectivity index is 2.77. The Kier molecular flexibility index (Phi) is 5.84. The van der Waals surface area contributed by atoms with Crippen LogP contribution in [0.25, 0.3) is 0 Å². The van der Waals surface area contributed by atoms with E-state index in [0.29, 0.717) is 0 Å². The van der Waals surface area contributed by atoms with Crippen molar-refractivity contribution in [2.75, 3.05) is 13.7 Å². The van der Waals surface area contributed by atoms with Crippen molar-refractivity contribution in [3.05, 3.63) is 23.8 Å². The van der Waals surface area contributed by atoms with E-state index in [1.807, 2.05) is 12.1 Å². The van der Waals surface area contributed by atoms with Crippen LogP contribution in [0.4, 0.5) is 0 Å². The second-order valence-electron chi connectivity index (χ2n) is 4.10. The van der Waals surface area contributed by atoms with Crippen LogP contribution >= 0.6 is 0 Å². The van der Waals surface area contributed by atoms with Crippen molar-refractivity contribution in [1.29, 1.82) is 0 Å². The quantitative estimate of drug-likeness (QED) is 0.791. The lowest BCUT2D eigenvalue weighted by molar-refractivity contribution is 0.207. The van der Waals surface area contributed by atoms with E-state index in [1.54, 1.807) is 7.11 Å². The molecule has 0 aliphatic heterocycles. The van der Waals surface area contributed by atoms with Gasteiger partial charge in [0.15, 0.2) is 11.5 Å². The molecule has 0 saturated heterocycles. The standard InChI is InChI=1S/C14H23NO2/c1-5-11(3)17-13-8-7-12(10-15-6-2)9-14(13)16-4/h7-9,11,15H,5-6,10H2,1-4H3/t11-/m1/s1. The molecule has 0 heterocycles. The molecule has 0 spiro atoms. The second kappa shape index (κ2) is 7.17. The summed E-state index contributed by atoms with van der Waals surface area (Å²) in [5.41, 5.74) is 1.21. The van der Waals surface area contributed by atoms with Crippen LogP contribution < -0.4 is 14.8 Å². The molecule has 1 rings (SSSR count). The van der Waals surface area contributed by atoms with Gasteiger partial charge in [-0.15, -0.1) is 0 Å². The zero-order valence-corrected chi connectivity index (χ0v) is 11.2. The van der Waals surface area contributed by atoms with Crippen LogP contribution in [0.5, 0.6) is 11.5 Å². The van der Waals surface area contributed by atoms with Crippen molar-refractivity contribution in [2.24, 2.45) is 0 Å². The molecule has 3 heteroatoms. The summed E-state index contributed by atoms with van der Waals surface area (Å²) in [6, 6.07) is 6.08. The van der Waals surface area contributed by atoms with Crippen molar-refractivity contribution in [3.63, 3.8) is 0 Å². The number of hydrogen-bond donors (Lipinski definition) is 1. The van der Waals surface area contributed by atoms with Crippen LogP contribution in [0.1, 0.15) is 32.8 Å². The monoisotopic (exact) mass is 237 g/mol. The highest BCUT2D eigenvalue weighted by Gasteiger charge is 2.08. The predicted octanol–water partition coefficient (Wildman–Crippen LogP) is 2.98. The van der Waals surface area contributed by atoms with Gasteiger partial charge in [0.05, 0.1) is 13.2 Å². The van der Waals surface area contributed by atoms with Crippen molar-refractivity contribution >= 4 is 0 Å². The fourth-order valence-electron chi connectivity index (χ4n) is 1.49. The van der Waals surface area contributed by atoms with Crippen molar-refractivity contribution < 1.29 is 9.47 Å². The molecule has 3 nitrogen and oxygen atoms in total. The molecule has 1 aromatic rings. The Morgan fingerprint density at radius 1 is 1.24 bits per heavy atom. The third kappa shape index (κ3) is 4.27. The van der Waals surface area contributed by atoms with Crippen molar-refractivity contribution in [3.8, 4) is 11.5 Å². The lowest BCUT2D eigenvalue weighted by atomic mass is 10.2. The van der Waals surface area contributed by atoms with Gasteiger partial charge in [-0.2, -0.15) is 0 Å². The zero-order chi connectivity index (χ0) is 12.7. The molecule has 1 aromatic carbocycles. The highest BCUT2D eigenvalue weighted by atomic mass is 16.5. The molecule has 17 heavy (non-hydrogen) atoms. The topological polar surface area (TPSA) is 30.5 Å². The Morgan fingerprint density at radius 3 is 2.59 bits per heavy atom. The van der Waals surface area contributed by atoms with E-state index in [-0.39, 0.29) is 6.10 Å². The Labute approximate surface area is 104 Å². The molecule has 0 aliphatic rings. The molecule has 0 radical (unpaired) electrons.